The number of carbonyl (C=O) groups is 1. The highest BCUT2D eigenvalue weighted by Crippen LogP contribution is 2.13. The van der Waals surface area contributed by atoms with Gasteiger partial charge in [0.2, 0.25) is 5.91 Å². The molecule has 0 saturated carbocycles. The third kappa shape index (κ3) is 6.41. The minimum atomic E-state index is -0.0531. The van der Waals surface area contributed by atoms with Crippen molar-refractivity contribution in [3.8, 4) is 5.75 Å². The van der Waals surface area contributed by atoms with Crippen molar-refractivity contribution >= 4 is 12.0 Å². The van der Waals surface area contributed by atoms with E-state index < -0.39 is 0 Å². The van der Waals surface area contributed by atoms with Gasteiger partial charge in [-0.15, -0.1) is 0 Å². The van der Waals surface area contributed by atoms with Gasteiger partial charge >= 0.3 is 0 Å². The molecule has 0 heterocycles. The monoisotopic (exact) mass is 275 g/mol. The van der Waals surface area contributed by atoms with Crippen molar-refractivity contribution in [3.63, 3.8) is 0 Å². The lowest BCUT2D eigenvalue weighted by Crippen LogP contribution is -2.30. The molecule has 0 aliphatic heterocycles. The molecule has 110 valence electrons. The third-order valence-electron chi connectivity index (χ3n) is 3.07. The average Bonchev–Trinajstić information content (AvgIpc) is 2.46. The Labute approximate surface area is 122 Å². The molecule has 1 amide bonds. The summed E-state index contributed by atoms with van der Waals surface area (Å²) in [6.07, 6.45) is 6.51. The second-order valence-corrected chi connectivity index (χ2v) is 4.92. The Balaban J connectivity index is 2.46. The van der Waals surface area contributed by atoms with Crippen molar-refractivity contribution in [2.75, 3.05) is 6.61 Å². The Morgan fingerprint density at radius 2 is 2.00 bits per heavy atom. The quantitative estimate of drug-likeness (QED) is 0.579. The van der Waals surface area contributed by atoms with E-state index in [1.807, 2.05) is 44.2 Å². The Morgan fingerprint density at radius 3 is 2.60 bits per heavy atom. The maximum atomic E-state index is 11.6. The molecular formula is C17H25NO2. The lowest BCUT2D eigenvalue weighted by atomic mass is 10.2. The summed E-state index contributed by atoms with van der Waals surface area (Å²) in [7, 11) is 0. The molecule has 3 heteroatoms. The Bertz CT molecular complexity index is 423. The van der Waals surface area contributed by atoms with Crippen molar-refractivity contribution < 1.29 is 9.53 Å². The van der Waals surface area contributed by atoms with Gasteiger partial charge in [0.25, 0.3) is 0 Å². The molecule has 0 saturated heterocycles. The van der Waals surface area contributed by atoms with Crippen LogP contribution in [-0.4, -0.2) is 18.6 Å². The van der Waals surface area contributed by atoms with Gasteiger partial charge in [0, 0.05) is 12.1 Å². The van der Waals surface area contributed by atoms with E-state index in [2.05, 4.69) is 12.2 Å². The molecule has 0 aliphatic rings. The third-order valence-corrected chi connectivity index (χ3v) is 3.07. The van der Waals surface area contributed by atoms with Crippen LogP contribution in [0.25, 0.3) is 6.08 Å². The van der Waals surface area contributed by atoms with Crippen LogP contribution in [0.3, 0.4) is 0 Å². The van der Waals surface area contributed by atoms with Gasteiger partial charge in [0.15, 0.2) is 0 Å². The lowest BCUT2D eigenvalue weighted by Gasteiger charge is -2.08. The lowest BCUT2D eigenvalue weighted by molar-refractivity contribution is -0.117. The minimum Gasteiger partial charge on any atom is -0.494 e. The minimum absolute atomic E-state index is 0.0531. The predicted octanol–water partition coefficient (Wildman–Crippen LogP) is 3.79. The van der Waals surface area contributed by atoms with Crippen LogP contribution < -0.4 is 10.1 Å². The molecule has 1 atom stereocenters. The zero-order chi connectivity index (χ0) is 14.8. The number of carbonyl (C=O) groups excluding carboxylic acids is 1. The molecule has 0 fully saturated rings. The zero-order valence-electron chi connectivity index (χ0n) is 12.7. The van der Waals surface area contributed by atoms with E-state index in [1.54, 1.807) is 6.08 Å². The SMILES string of the molecule is CCCCOc1ccc(/C=C/C(=O)NC(C)CC)cc1. The summed E-state index contributed by atoms with van der Waals surface area (Å²) in [5.41, 5.74) is 0.993. The fourth-order valence-electron chi connectivity index (χ4n) is 1.57. The van der Waals surface area contributed by atoms with Crippen molar-refractivity contribution in [2.24, 2.45) is 0 Å². The highest BCUT2D eigenvalue weighted by atomic mass is 16.5. The first-order valence-electron chi connectivity index (χ1n) is 7.37. The summed E-state index contributed by atoms with van der Waals surface area (Å²) >= 11 is 0. The molecule has 1 N–H and O–H groups in total. The Morgan fingerprint density at radius 1 is 1.30 bits per heavy atom. The summed E-state index contributed by atoms with van der Waals surface area (Å²) in [6.45, 7) is 6.94. The van der Waals surface area contributed by atoms with Gasteiger partial charge in [-0.25, -0.2) is 0 Å². The van der Waals surface area contributed by atoms with E-state index in [-0.39, 0.29) is 11.9 Å². The number of hydrogen-bond acceptors (Lipinski definition) is 2. The molecule has 0 radical (unpaired) electrons. The van der Waals surface area contributed by atoms with Gasteiger partial charge in [0.05, 0.1) is 6.61 Å². The fourth-order valence-corrected chi connectivity index (χ4v) is 1.57. The van der Waals surface area contributed by atoms with E-state index in [0.717, 1.165) is 37.2 Å². The maximum absolute atomic E-state index is 11.6. The first kappa shape index (κ1) is 16.3. The van der Waals surface area contributed by atoms with Crippen LogP contribution in [0, 0.1) is 0 Å². The zero-order valence-corrected chi connectivity index (χ0v) is 12.7. The van der Waals surface area contributed by atoms with Gasteiger partial charge < -0.3 is 10.1 Å². The molecule has 1 aromatic rings. The van der Waals surface area contributed by atoms with Crippen molar-refractivity contribution in [2.45, 2.75) is 46.1 Å². The number of nitrogens with one attached hydrogen (secondary N) is 1. The van der Waals surface area contributed by atoms with Gasteiger partial charge in [0.1, 0.15) is 5.75 Å². The van der Waals surface area contributed by atoms with Crippen LogP contribution in [0.2, 0.25) is 0 Å². The van der Waals surface area contributed by atoms with Crippen molar-refractivity contribution in [3.05, 3.63) is 35.9 Å². The summed E-state index contributed by atoms with van der Waals surface area (Å²) < 4.78 is 5.59. The number of amides is 1. The van der Waals surface area contributed by atoms with E-state index in [4.69, 9.17) is 4.74 Å². The number of ether oxygens (including phenoxy) is 1. The molecule has 0 bridgehead atoms. The first-order valence-corrected chi connectivity index (χ1v) is 7.37. The largest absolute Gasteiger partial charge is 0.494 e. The fraction of sp³-hybridized carbons (Fsp3) is 0.471. The van der Waals surface area contributed by atoms with Crippen molar-refractivity contribution in [1.82, 2.24) is 5.32 Å². The van der Waals surface area contributed by atoms with Gasteiger partial charge in [-0.05, 0) is 43.5 Å². The van der Waals surface area contributed by atoms with Crippen LogP contribution in [0.5, 0.6) is 5.75 Å². The Kier molecular flexibility index (Phi) is 7.48. The van der Waals surface area contributed by atoms with Gasteiger partial charge in [-0.3, -0.25) is 4.79 Å². The van der Waals surface area contributed by atoms with Crippen LogP contribution in [-0.2, 0) is 4.79 Å². The van der Waals surface area contributed by atoms with E-state index in [0.29, 0.717) is 0 Å². The predicted molar refractivity (Wildman–Crippen MR) is 83.8 cm³/mol. The first-order chi connectivity index (χ1) is 9.65. The maximum Gasteiger partial charge on any atom is 0.244 e. The number of hydrogen-bond donors (Lipinski definition) is 1. The van der Waals surface area contributed by atoms with E-state index in [1.165, 1.54) is 0 Å². The van der Waals surface area contributed by atoms with Gasteiger partial charge in [-0.2, -0.15) is 0 Å². The van der Waals surface area contributed by atoms with Crippen molar-refractivity contribution in [1.29, 1.82) is 0 Å². The molecular weight excluding hydrogens is 250 g/mol. The summed E-state index contributed by atoms with van der Waals surface area (Å²) in [6, 6.07) is 7.98. The van der Waals surface area contributed by atoms with Crippen LogP contribution in [0.4, 0.5) is 0 Å². The normalized spacial score (nSPS) is 12.3. The van der Waals surface area contributed by atoms with Crippen LogP contribution in [0.1, 0.15) is 45.6 Å². The standard InChI is InChI=1S/C17H25NO2/c1-4-6-13-20-16-10-7-15(8-11-16)9-12-17(19)18-14(3)5-2/h7-12,14H,4-6,13H2,1-3H3,(H,18,19)/b12-9+. The molecule has 20 heavy (non-hydrogen) atoms. The molecule has 0 aromatic heterocycles. The van der Waals surface area contributed by atoms with E-state index in [9.17, 15) is 4.79 Å². The van der Waals surface area contributed by atoms with Crippen LogP contribution in [0.15, 0.2) is 30.3 Å². The molecule has 3 nitrogen and oxygen atoms in total. The second kappa shape index (κ2) is 9.18. The highest BCUT2D eigenvalue weighted by Gasteiger charge is 2.01. The van der Waals surface area contributed by atoms with E-state index >= 15 is 0 Å². The molecule has 0 aliphatic carbocycles. The number of benzene rings is 1. The topological polar surface area (TPSA) is 38.3 Å². The molecule has 1 aromatic carbocycles. The number of unbranched alkanes of at least 4 members (excludes halogenated alkanes) is 1. The average molecular weight is 275 g/mol. The number of rotatable bonds is 8. The van der Waals surface area contributed by atoms with Gasteiger partial charge in [-0.1, -0.05) is 32.4 Å². The summed E-state index contributed by atoms with van der Waals surface area (Å²) in [5.74, 6) is 0.822. The smallest absolute Gasteiger partial charge is 0.244 e. The molecule has 0 spiro atoms. The Hall–Kier alpha value is -1.77. The highest BCUT2D eigenvalue weighted by molar-refractivity contribution is 5.91. The molecule has 1 unspecified atom stereocenters. The van der Waals surface area contributed by atoms with Crippen LogP contribution >= 0.6 is 0 Å². The second-order valence-electron chi connectivity index (χ2n) is 4.92. The summed E-state index contributed by atoms with van der Waals surface area (Å²) in [5, 5.41) is 2.90. The summed E-state index contributed by atoms with van der Waals surface area (Å²) in [4.78, 5) is 11.6. The molecule has 1 rings (SSSR count).